The minimum Gasteiger partial charge on any atom is -0.296 e. The van der Waals surface area contributed by atoms with Crippen LogP contribution in [0.1, 0.15) is 30.7 Å². The van der Waals surface area contributed by atoms with E-state index in [1.807, 2.05) is 48.5 Å². The van der Waals surface area contributed by atoms with Crippen LogP contribution >= 0.6 is 11.3 Å². The Bertz CT molecular complexity index is 1010. The van der Waals surface area contributed by atoms with Crippen molar-refractivity contribution in [2.45, 2.75) is 33.4 Å². The highest BCUT2D eigenvalue weighted by molar-refractivity contribution is 7.14. The number of thiazole rings is 1. The number of halogens is 2. The molecule has 7 heteroatoms. The van der Waals surface area contributed by atoms with Gasteiger partial charge in [-0.1, -0.05) is 31.2 Å². The number of anilines is 2. The van der Waals surface area contributed by atoms with Gasteiger partial charge < -0.3 is 0 Å². The molecular weight excluding hydrogens is 392 g/mol. The van der Waals surface area contributed by atoms with Gasteiger partial charge in [0.1, 0.15) is 11.6 Å². The average molecular weight is 416 g/mol. The van der Waals surface area contributed by atoms with Gasteiger partial charge in [0, 0.05) is 37.0 Å². The number of aryl methyl sites for hydroxylation is 1. The maximum Gasteiger partial charge on any atom is 0.230 e. The summed E-state index contributed by atoms with van der Waals surface area (Å²) in [5, 5.41) is 2.51. The fraction of sp³-hybridized carbons (Fsp3) is 0.273. The molecule has 1 aromatic heterocycles. The molecule has 4 nitrogen and oxygen atoms in total. The molecule has 29 heavy (non-hydrogen) atoms. The predicted molar refractivity (Wildman–Crippen MR) is 112 cm³/mol. The highest BCUT2D eigenvalue weighted by Gasteiger charge is 2.20. The Balaban J connectivity index is 1.77. The van der Waals surface area contributed by atoms with E-state index in [9.17, 15) is 13.6 Å². The van der Waals surface area contributed by atoms with Gasteiger partial charge in [0.15, 0.2) is 5.13 Å². The molecule has 0 aliphatic carbocycles. The van der Waals surface area contributed by atoms with Gasteiger partial charge in [-0.05, 0) is 31.2 Å². The molecule has 0 spiro atoms. The number of aromatic nitrogens is 1. The van der Waals surface area contributed by atoms with E-state index in [4.69, 9.17) is 0 Å². The van der Waals surface area contributed by atoms with E-state index in [2.05, 4.69) is 4.98 Å². The minimum absolute atomic E-state index is 0.103. The van der Waals surface area contributed by atoms with Gasteiger partial charge in [-0.15, -0.1) is 11.3 Å². The molecule has 2 aromatic carbocycles. The molecule has 3 rings (SSSR count). The Morgan fingerprint density at radius 1 is 1.10 bits per heavy atom. The minimum atomic E-state index is -0.588. The molecule has 1 heterocycles. The van der Waals surface area contributed by atoms with Gasteiger partial charge in [0.05, 0.1) is 11.4 Å². The molecule has 0 N–H and O–H groups in total. The van der Waals surface area contributed by atoms with Crippen molar-refractivity contribution < 1.29 is 13.6 Å². The van der Waals surface area contributed by atoms with Gasteiger partial charge >= 0.3 is 0 Å². The van der Waals surface area contributed by atoms with Crippen molar-refractivity contribution in [3.05, 3.63) is 76.3 Å². The second-order valence-electron chi connectivity index (χ2n) is 6.87. The first-order valence-corrected chi connectivity index (χ1v) is 10.2. The molecule has 0 unspecified atom stereocenters. The number of hydrogen-bond acceptors (Lipinski definition) is 4. The van der Waals surface area contributed by atoms with Crippen LogP contribution in [0.4, 0.5) is 19.6 Å². The first-order chi connectivity index (χ1) is 13.9. The number of rotatable bonds is 7. The first kappa shape index (κ1) is 21.1. The zero-order valence-electron chi connectivity index (χ0n) is 16.7. The number of carbonyl (C=O) groups is 1. The Labute approximate surface area is 173 Å². The standard InChI is InChI=1S/C22H23F2N3OS/c1-4-16-7-5-6-8-21(16)27(15(2)28)22-25-19(14-29-22)13-26(3)12-17-9-10-18(23)11-20(17)24/h5-11,14H,4,12-13H2,1-3H3. The Kier molecular flexibility index (Phi) is 6.71. The fourth-order valence-corrected chi connectivity index (χ4v) is 4.05. The van der Waals surface area contributed by atoms with Crippen molar-refractivity contribution in [2.75, 3.05) is 11.9 Å². The lowest BCUT2D eigenvalue weighted by atomic mass is 10.1. The lowest BCUT2D eigenvalue weighted by Crippen LogP contribution is -2.24. The van der Waals surface area contributed by atoms with Crippen molar-refractivity contribution in [1.82, 2.24) is 9.88 Å². The zero-order valence-corrected chi connectivity index (χ0v) is 17.5. The smallest absolute Gasteiger partial charge is 0.230 e. The molecule has 1 amide bonds. The Morgan fingerprint density at radius 2 is 1.86 bits per heavy atom. The van der Waals surface area contributed by atoms with Crippen molar-refractivity contribution in [2.24, 2.45) is 0 Å². The third-order valence-electron chi connectivity index (χ3n) is 4.55. The topological polar surface area (TPSA) is 36.4 Å². The van der Waals surface area contributed by atoms with Crippen LogP contribution in [0.3, 0.4) is 0 Å². The summed E-state index contributed by atoms with van der Waals surface area (Å²) < 4.78 is 27.0. The predicted octanol–water partition coefficient (Wildman–Crippen LogP) is 5.30. The molecule has 0 aliphatic heterocycles. The van der Waals surface area contributed by atoms with E-state index in [0.29, 0.717) is 23.8 Å². The summed E-state index contributed by atoms with van der Waals surface area (Å²) in [5.74, 6) is -1.25. The third-order valence-corrected chi connectivity index (χ3v) is 5.42. The Hall–Kier alpha value is -2.64. The summed E-state index contributed by atoms with van der Waals surface area (Å²) in [4.78, 5) is 20.5. The quantitative estimate of drug-likeness (QED) is 0.525. The van der Waals surface area contributed by atoms with E-state index in [1.165, 1.54) is 30.4 Å². The van der Waals surface area contributed by atoms with Crippen LogP contribution in [0.25, 0.3) is 0 Å². The van der Waals surface area contributed by atoms with Crippen LogP contribution in [-0.4, -0.2) is 22.8 Å². The van der Waals surface area contributed by atoms with Crippen molar-refractivity contribution >= 4 is 28.1 Å². The van der Waals surface area contributed by atoms with Crippen LogP contribution in [0.5, 0.6) is 0 Å². The van der Waals surface area contributed by atoms with E-state index < -0.39 is 11.6 Å². The average Bonchev–Trinajstić information content (AvgIpc) is 3.12. The maximum absolute atomic E-state index is 13.9. The molecule has 3 aromatic rings. The zero-order chi connectivity index (χ0) is 21.0. The summed E-state index contributed by atoms with van der Waals surface area (Å²) in [6.07, 6.45) is 0.810. The molecular formula is C22H23F2N3OS. The fourth-order valence-electron chi connectivity index (χ4n) is 3.18. The van der Waals surface area contributed by atoms with E-state index >= 15 is 0 Å². The number of para-hydroxylation sites is 1. The molecule has 0 saturated heterocycles. The van der Waals surface area contributed by atoms with Gasteiger partial charge in [0.25, 0.3) is 0 Å². The normalized spacial score (nSPS) is 11.1. The summed E-state index contributed by atoms with van der Waals surface area (Å²) in [6.45, 7) is 4.38. The number of hydrogen-bond donors (Lipinski definition) is 0. The van der Waals surface area contributed by atoms with Gasteiger partial charge in [-0.2, -0.15) is 0 Å². The first-order valence-electron chi connectivity index (χ1n) is 9.34. The summed E-state index contributed by atoms with van der Waals surface area (Å²) in [5.41, 5.74) is 3.12. The van der Waals surface area contributed by atoms with Crippen LogP contribution in [-0.2, 0) is 24.3 Å². The van der Waals surface area contributed by atoms with Crippen LogP contribution in [0.2, 0.25) is 0 Å². The highest BCUT2D eigenvalue weighted by Crippen LogP contribution is 2.32. The molecule has 0 fully saturated rings. The molecule has 0 bridgehead atoms. The van der Waals surface area contributed by atoms with E-state index in [0.717, 1.165) is 29.4 Å². The Morgan fingerprint density at radius 3 is 2.55 bits per heavy atom. The van der Waals surface area contributed by atoms with Gasteiger partial charge in [-0.3, -0.25) is 14.6 Å². The maximum atomic E-state index is 13.9. The largest absolute Gasteiger partial charge is 0.296 e. The van der Waals surface area contributed by atoms with Crippen LogP contribution in [0, 0.1) is 11.6 Å². The lowest BCUT2D eigenvalue weighted by Gasteiger charge is -2.21. The highest BCUT2D eigenvalue weighted by atomic mass is 32.1. The van der Waals surface area contributed by atoms with Crippen LogP contribution in [0.15, 0.2) is 47.8 Å². The number of benzene rings is 2. The second-order valence-corrected chi connectivity index (χ2v) is 7.70. The number of carbonyl (C=O) groups excluding carboxylic acids is 1. The molecule has 152 valence electrons. The van der Waals surface area contributed by atoms with Crippen molar-refractivity contribution in [3.63, 3.8) is 0 Å². The number of nitrogens with zero attached hydrogens (tertiary/aromatic N) is 3. The van der Waals surface area contributed by atoms with E-state index in [1.54, 1.807) is 4.90 Å². The van der Waals surface area contributed by atoms with Gasteiger partial charge in [-0.25, -0.2) is 13.8 Å². The summed E-state index contributed by atoms with van der Waals surface area (Å²) in [7, 11) is 1.84. The van der Waals surface area contributed by atoms with Crippen molar-refractivity contribution in [1.29, 1.82) is 0 Å². The molecule has 0 aliphatic rings. The SMILES string of the molecule is CCc1ccccc1N(C(C)=O)c1nc(CN(C)Cc2ccc(F)cc2F)cs1. The van der Waals surface area contributed by atoms with Crippen molar-refractivity contribution in [3.8, 4) is 0 Å². The lowest BCUT2D eigenvalue weighted by molar-refractivity contribution is -0.115. The van der Waals surface area contributed by atoms with Gasteiger partial charge in [0.2, 0.25) is 5.91 Å². The second kappa shape index (κ2) is 9.24. The van der Waals surface area contributed by atoms with E-state index in [-0.39, 0.29) is 5.91 Å². The molecule has 0 saturated carbocycles. The monoisotopic (exact) mass is 415 g/mol. The summed E-state index contributed by atoms with van der Waals surface area (Å²) in [6, 6.07) is 11.4. The molecule has 0 radical (unpaired) electrons. The molecule has 0 atom stereocenters. The number of amides is 1. The van der Waals surface area contributed by atoms with Crippen LogP contribution < -0.4 is 4.90 Å². The summed E-state index contributed by atoms with van der Waals surface area (Å²) >= 11 is 1.40. The third kappa shape index (κ3) is 5.05.